The maximum Gasteiger partial charge on any atom is 0.225 e. The normalized spacial score (nSPS) is 21.0. The number of fused-ring (bicyclic) bond motifs is 1. The van der Waals surface area contributed by atoms with Crippen LogP contribution in [-0.4, -0.2) is 49.3 Å². The number of ether oxygens (including phenoxy) is 1. The van der Waals surface area contributed by atoms with Gasteiger partial charge in [0.25, 0.3) is 0 Å². The van der Waals surface area contributed by atoms with Gasteiger partial charge in [-0.1, -0.05) is 5.21 Å². The van der Waals surface area contributed by atoms with Crippen LogP contribution in [-0.2, 0) is 0 Å². The molecule has 0 saturated heterocycles. The van der Waals surface area contributed by atoms with E-state index < -0.39 is 0 Å². The number of nitrogens with zero attached hydrogens (tertiary/aromatic N) is 5. The molecule has 1 aliphatic rings. The number of aliphatic hydroxyl groups excluding tert-OH is 1. The molecule has 8 heteroatoms. The number of aliphatic hydroxyl groups is 1. The van der Waals surface area contributed by atoms with Crippen LogP contribution in [0.2, 0.25) is 0 Å². The topological polar surface area (TPSA) is 98.0 Å². The molecule has 2 N–H and O–H groups in total. The third-order valence-corrected chi connectivity index (χ3v) is 5.00. The maximum absolute atomic E-state index is 9.76. The molecule has 2 aromatic heterocycles. The Morgan fingerprint density at radius 2 is 2.08 bits per heavy atom. The molecule has 0 spiro atoms. The Hall–Kier alpha value is -2.74. The summed E-state index contributed by atoms with van der Waals surface area (Å²) >= 11 is 0. The van der Waals surface area contributed by atoms with Gasteiger partial charge in [0.05, 0.1) is 25.1 Å². The average Bonchev–Trinajstić information content (AvgIpc) is 3.29. The first-order valence-corrected chi connectivity index (χ1v) is 8.81. The first-order chi connectivity index (χ1) is 12.6. The molecule has 0 amide bonds. The van der Waals surface area contributed by atoms with Gasteiger partial charge in [0.15, 0.2) is 11.2 Å². The molecule has 2 heterocycles. The van der Waals surface area contributed by atoms with E-state index in [0.717, 1.165) is 30.7 Å². The molecular formula is C18H22N6O2. The molecule has 0 aliphatic heterocycles. The molecule has 1 saturated carbocycles. The van der Waals surface area contributed by atoms with Crippen molar-refractivity contribution in [2.24, 2.45) is 5.92 Å². The molecule has 26 heavy (non-hydrogen) atoms. The fourth-order valence-electron chi connectivity index (χ4n) is 3.46. The number of hydrogen-bond acceptors (Lipinski definition) is 7. The van der Waals surface area contributed by atoms with Crippen LogP contribution in [0.5, 0.6) is 5.75 Å². The number of aromatic nitrogens is 5. The first-order valence-electron chi connectivity index (χ1n) is 8.81. The second kappa shape index (κ2) is 6.87. The summed E-state index contributed by atoms with van der Waals surface area (Å²) in [6.07, 6.45) is 4.36. The number of methoxy groups -OCH3 is 1. The lowest BCUT2D eigenvalue weighted by atomic mass is 10.0. The largest absolute Gasteiger partial charge is 0.497 e. The summed E-state index contributed by atoms with van der Waals surface area (Å²) in [6, 6.07) is 7.84. The third-order valence-electron chi connectivity index (χ3n) is 5.00. The molecule has 0 radical (unpaired) electrons. The van der Waals surface area contributed by atoms with Gasteiger partial charge in [0.2, 0.25) is 5.95 Å². The lowest BCUT2D eigenvalue weighted by Crippen LogP contribution is -2.20. The lowest BCUT2D eigenvalue weighted by molar-refractivity contribution is 0.128. The number of anilines is 1. The van der Waals surface area contributed by atoms with E-state index in [1.165, 1.54) is 0 Å². The molecule has 8 nitrogen and oxygen atoms in total. The van der Waals surface area contributed by atoms with Crippen molar-refractivity contribution in [3.63, 3.8) is 0 Å². The summed E-state index contributed by atoms with van der Waals surface area (Å²) in [7, 11) is 1.64. The molecule has 136 valence electrons. The summed E-state index contributed by atoms with van der Waals surface area (Å²) in [5.41, 5.74) is 2.14. The Morgan fingerprint density at radius 3 is 2.77 bits per heavy atom. The zero-order chi connectivity index (χ0) is 18.1. The van der Waals surface area contributed by atoms with E-state index in [-0.39, 0.29) is 12.1 Å². The van der Waals surface area contributed by atoms with Gasteiger partial charge < -0.3 is 15.2 Å². The van der Waals surface area contributed by atoms with Crippen molar-refractivity contribution >= 4 is 17.1 Å². The number of benzene rings is 1. The van der Waals surface area contributed by atoms with Crippen LogP contribution in [0, 0.1) is 5.92 Å². The SMILES string of the molecule is COc1ccc(-n2nnc3cnc(N[C@@H]4CC[C@H](C(C)O)C4)nc32)cc1. The summed E-state index contributed by atoms with van der Waals surface area (Å²) in [4.78, 5) is 8.96. The first kappa shape index (κ1) is 16.7. The van der Waals surface area contributed by atoms with Crippen molar-refractivity contribution in [1.29, 1.82) is 0 Å². The van der Waals surface area contributed by atoms with Crippen LogP contribution < -0.4 is 10.1 Å². The van der Waals surface area contributed by atoms with E-state index in [0.29, 0.717) is 23.0 Å². The van der Waals surface area contributed by atoms with E-state index in [1.807, 2.05) is 31.2 Å². The Balaban J connectivity index is 1.58. The van der Waals surface area contributed by atoms with Gasteiger partial charge in [0, 0.05) is 6.04 Å². The van der Waals surface area contributed by atoms with Crippen LogP contribution >= 0.6 is 0 Å². The highest BCUT2D eigenvalue weighted by molar-refractivity contribution is 5.72. The third kappa shape index (κ3) is 3.20. The molecule has 3 aromatic rings. The van der Waals surface area contributed by atoms with E-state index in [9.17, 15) is 5.11 Å². The van der Waals surface area contributed by atoms with Crippen molar-refractivity contribution in [3.05, 3.63) is 30.5 Å². The monoisotopic (exact) mass is 354 g/mol. The van der Waals surface area contributed by atoms with Crippen molar-refractivity contribution in [2.75, 3.05) is 12.4 Å². The minimum Gasteiger partial charge on any atom is -0.497 e. The quantitative estimate of drug-likeness (QED) is 0.724. The smallest absolute Gasteiger partial charge is 0.225 e. The van der Waals surface area contributed by atoms with Gasteiger partial charge >= 0.3 is 0 Å². The van der Waals surface area contributed by atoms with Gasteiger partial charge in [-0.2, -0.15) is 9.67 Å². The predicted octanol–water partition coefficient (Wildman–Crippen LogP) is 2.18. The molecule has 1 fully saturated rings. The molecule has 0 bridgehead atoms. The van der Waals surface area contributed by atoms with Gasteiger partial charge in [-0.3, -0.25) is 0 Å². The average molecular weight is 354 g/mol. The van der Waals surface area contributed by atoms with Crippen molar-refractivity contribution in [3.8, 4) is 11.4 Å². The zero-order valence-electron chi connectivity index (χ0n) is 14.8. The Kier molecular flexibility index (Phi) is 4.42. The minimum absolute atomic E-state index is 0.272. The minimum atomic E-state index is -0.272. The van der Waals surface area contributed by atoms with Gasteiger partial charge in [-0.15, -0.1) is 5.10 Å². The van der Waals surface area contributed by atoms with Gasteiger partial charge in [-0.05, 0) is 56.4 Å². The summed E-state index contributed by atoms with van der Waals surface area (Å²) in [5, 5.41) is 21.5. The van der Waals surface area contributed by atoms with E-state index >= 15 is 0 Å². The molecule has 1 aliphatic carbocycles. The van der Waals surface area contributed by atoms with Gasteiger partial charge in [0.1, 0.15) is 5.75 Å². The lowest BCUT2D eigenvalue weighted by Gasteiger charge is -2.15. The summed E-state index contributed by atoms with van der Waals surface area (Å²) in [5.74, 6) is 1.68. The number of rotatable bonds is 5. The second-order valence-corrected chi connectivity index (χ2v) is 6.76. The highest BCUT2D eigenvalue weighted by Gasteiger charge is 2.28. The maximum atomic E-state index is 9.76. The van der Waals surface area contributed by atoms with Crippen LogP contribution in [0.1, 0.15) is 26.2 Å². The van der Waals surface area contributed by atoms with Crippen molar-refractivity contribution in [1.82, 2.24) is 25.0 Å². The van der Waals surface area contributed by atoms with E-state index in [2.05, 4.69) is 25.6 Å². The molecule has 3 atom stereocenters. The van der Waals surface area contributed by atoms with Crippen LogP contribution in [0.15, 0.2) is 30.5 Å². The van der Waals surface area contributed by atoms with Crippen LogP contribution in [0.4, 0.5) is 5.95 Å². The van der Waals surface area contributed by atoms with Crippen LogP contribution in [0.3, 0.4) is 0 Å². The molecule has 1 unspecified atom stereocenters. The molecule has 4 rings (SSSR count). The zero-order valence-corrected chi connectivity index (χ0v) is 14.8. The summed E-state index contributed by atoms with van der Waals surface area (Å²) in [6.45, 7) is 1.86. The fraction of sp³-hybridized carbons (Fsp3) is 0.444. The van der Waals surface area contributed by atoms with E-state index in [1.54, 1.807) is 18.0 Å². The van der Waals surface area contributed by atoms with Gasteiger partial charge in [-0.25, -0.2) is 4.98 Å². The highest BCUT2D eigenvalue weighted by Crippen LogP contribution is 2.30. The Morgan fingerprint density at radius 1 is 1.27 bits per heavy atom. The summed E-state index contributed by atoms with van der Waals surface area (Å²) < 4.78 is 6.88. The Labute approximate surface area is 151 Å². The second-order valence-electron chi connectivity index (χ2n) is 6.76. The standard InChI is InChI=1S/C18H22N6O2/c1-11(25)12-3-4-13(9-12)20-18-19-10-16-17(21-18)24(23-22-16)14-5-7-15(26-2)8-6-14/h5-8,10-13,25H,3-4,9H2,1-2H3,(H,19,20,21)/t11?,12-,13+/m0/s1. The van der Waals surface area contributed by atoms with Crippen molar-refractivity contribution < 1.29 is 9.84 Å². The fourth-order valence-corrected chi connectivity index (χ4v) is 3.46. The predicted molar refractivity (Wildman–Crippen MR) is 97.4 cm³/mol. The highest BCUT2D eigenvalue weighted by atomic mass is 16.5. The van der Waals surface area contributed by atoms with E-state index in [4.69, 9.17) is 4.74 Å². The number of hydrogen-bond donors (Lipinski definition) is 2. The van der Waals surface area contributed by atoms with Crippen LogP contribution in [0.25, 0.3) is 16.9 Å². The molecule has 1 aromatic carbocycles. The van der Waals surface area contributed by atoms with Crippen molar-refractivity contribution in [2.45, 2.75) is 38.3 Å². The Bertz CT molecular complexity index is 892. The molecular weight excluding hydrogens is 332 g/mol. The number of nitrogens with one attached hydrogen (secondary N) is 1.